The fourth-order valence-electron chi connectivity index (χ4n) is 2.83. The quantitative estimate of drug-likeness (QED) is 0.355. The largest absolute Gasteiger partial charge is 0.497 e. The maximum Gasteiger partial charge on any atom is 0.198 e. The summed E-state index contributed by atoms with van der Waals surface area (Å²) >= 11 is 0. The average Bonchev–Trinajstić information content (AvgIpc) is 2.70. The van der Waals surface area contributed by atoms with Gasteiger partial charge in [0.15, 0.2) is 5.96 Å². The minimum atomic E-state index is 0.247. The van der Waals surface area contributed by atoms with Crippen molar-refractivity contribution in [3.8, 4) is 22.6 Å². The maximum atomic E-state index is 6.28. The van der Waals surface area contributed by atoms with Crippen LogP contribution in [0.5, 0.6) is 11.5 Å². The Morgan fingerprint density at radius 3 is 2.14 bits per heavy atom. The molecule has 5 N–H and O–H groups in total. The number of anilines is 2. The third-order valence-electron chi connectivity index (χ3n) is 4.20. The van der Waals surface area contributed by atoms with Crippen molar-refractivity contribution in [2.45, 2.75) is 6.92 Å². The number of benzene rings is 2. The van der Waals surface area contributed by atoms with Crippen LogP contribution in [0.2, 0.25) is 0 Å². The van der Waals surface area contributed by atoms with Crippen LogP contribution < -0.4 is 26.3 Å². The third kappa shape index (κ3) is 4.32. The number of ether oxygens (including phenoxy) is 2. The molecule has 0 aliphatic heterocycles. The van der Waals surface area contributed by atoms with Gasteiger partial charge in [0.25, 0.3) is 0 Å². The van der Waals surface area contributed by atoms with Gasteiger partial charge in [0.2, 0.25) is 0 Å². The minimum Gasteiger partial charge on any atom is -0.497 e. The Labute approximate surface area is 164 Å². The third-order valence-corrected chi connectivity index (χ3v) is 4.20. The molecule has 0 aliphatic rings. The summed E-state index contributed by atoms with van der Waals surface area (Å²) in [6, 6.07) is 13.2. The first kappa shape index (κ1) is 19.0. The molecule has 0 bridgehead atoms. The Morgan fingerprint density at radius 1 is 0.964 bits per heavy atom. The Kier molecular flexibility index (Phi) is 5.64. The second-order valence-corrected chi connectivity index (χ2v) is 6.19. The highest BCUT2D eigenvalue weighted by Gasteiger charge is 2.10. The number of methoxy groups -OCH3 is 2. The van der Waals surface area contributed by atoms with Crippen molar-refractivity contribution >= 4 is 23.0 Å². The van der Waals surface area contributed by atoms with Gasteiger partial charge in [0, 0.05) is 24.1 Å². The lowest BCUT2D eigenvalue weighted by atomic mass is 10.0. The molecule has 3 rings (SSSR count). The predicted octanol–water partition coefficient (Wildman–Crippen LogP) is 3.71. The van der Waals surface area contributed by atoms with Gasteiger partial charge >= 0.3 is 0 Å². The van der Waals surface area contributed by atoms with E-state index in [4.69, 9.17) is 20.9 Å². The molecule has 0 amide bonds. The van der Waals surface area contributed by atoms with Gasteiger partial charge in [-0.15, -0.1) is 0 Å². The minimum absolute atomic E-state index is 0.247. The van der Waals surface area contributed by atoms with Gasteiger partial charge in [0.05, 0.1) is 25.6 Å². The summed E-state index contributed by atoms with van der Waals surface area (Å²) in [5, 5.41) is 3.02. The molecule has 28 heavy (non-hydrogen) atoms. The van der Waals surface area contributed by atoms with E-state index in [1.165, 1.54) is 0 Å². The molecular weight excluding hydrogens is 354 g/mol. The Morgan fingerprint density at radius 2 is 1.57 bits per heavy atom. The van der Waals surface area contributed by atoms with E-state index in [0.29, 0.717) is 22.9 Å². The zero-order valence-electron chi connectivity index (χ0n) is 16.1. The molecule has 0 radical (unpaired) electrons. The number of aryl methyl sites for hydroxylation is 1. The lowest BCUT2D eigenvalue weighted by molar-refractivity contribution is 0.394. The monoisotopic (exact) mass is 377 g/mol. The SMILES string of the molecule is COc1cc(OC)cc(-c2cc(C)c(N=C(N)Nc3ccncc3)c(N)c2)c1. The highest BCUT2D eigenvalue weighted by molar-refractivity contribution is 5.95. The van der Waals surface area contributed by atoms with Crippen molar-refractivity contribution in [1.29, 1.82) is 0 Å². The highest BCUT2D eigenvalue weighted by Crippen LogP contribution is 2.35. The number of nitrogens with two attached hydrogens (primary N) is 2. The summed E-state index contributed by atoms with van der Waals surface area (Å²) in [5.74, 6) is 1.66. The number of rotatable bonds is 5. The fourth-order valence-corrected chi connectivity index (χ4v) is 2.83. The molecule has 7 nitrogen and oxygen atoms in total. The Hall–Kier alpha value is -3.74. The lowest BCUT2D eigenvalue weighted by Gasteiger charge is -2.13. The van der Waals surface area contributed by atoms with Crippen LogP contribution in [0.25, 0.3) is 11.1 Å². The summed E-state index contributed by atoms with van der Waals surface area (Å²) in [7, 11) is 3.24. The van der Waals surface area contributed by atoms with E-state index in [1.54, 1.807) is 38.7 Å². The molecule has 2 aromatic carbocycles. The van der Waals surface area contributed by atoms with Gasteiger partial charge in [0.1, 0.15) is 11.5 Å². The Balaban J connectivity index is 1.94. The second-order valence-electron chi connectivity index (χ2n) is 6.19. The van der Waals surface area contributed by atoms with Crippen LogP contribution in [0.4, 0.5) is 17.1 Å². The van der Waals surface area contributed by atoms with Crippen molar-refractivity contribution in [1.82, 2.24) is 4.98 Å². The van der Waals surface area contributed by atoms with Crippen molar-refractivity contribution in [3.63, 3.8) is 0 Å². The van der Waals surface area contributed by atoms with Crippen molar-refractivity contribution in [3.05, 3.63) is 60.4 Å². The summed E-state index contributed by atoms with van der Waals surface area (Å²) < 4.78 is 10.7. The van der Waals surface area contributed by atoms with Gasteiger partial charge in [-0.05, 0) is 60.0 Å². The van der Waals surface area contributed by atoms with Crippen LogP contribution in [0, 0.1) is 6.92 Å². The first-order valence-corrected chi connectivity index (χ1v) is 8.65. The van der Waals surface area contributed by atoms with Crippen LogP contribution in [-0.4, -0.2) is 25.2 Å². The van der Waals surface area contributed by atoms with Crippen LogP contribution in [-0.2, 0) is 0 Å². The maximum absolute atomic E-state index is 6.28. The molecule has 1 heterocycles. The van der Waals surface area contributed by atoms with Crippen LogP contribution in [0.15, 0.2) is 59.9 Å². The molecule has 7 heteroatoms. The topological polar surface area (TPSA) is 108 Å². The van der Waals surface area contributed by atoms with E-state index in [-0.39, 0.29) is 5.96 Å². The highest BCUT2D eigenvalue weighted by atomic mass is 16.5. The van der Waals surface area contributed by atoms with Gasteiger partial charge in [-0.25, -0.2) is 4.99 Å². The number of hydrogen-bond acceptors (Lipinski definition) is 5. The molecule has 0 aliphatic carbocycles. The summed E-state index contributed by atoms with van der Waals surface area (Å²) in [5.41, 5.74) is 17.0. The van der Waals surface area contributed by atoms with Gasteiger partial charge < -0.3 is 26.3 Å². The number of hydrogen-bond donors (Lipinski definition) is 3. The molecule has 0 fully saturated rings. The number of nitrogens with zero attached hydrogens (tertiary/aromatic N) is 2. The molecule has 0 saturated carbocycles. The number of nitrogens with one attached hydrogen (secondary N) is 1. The normalized spacial score (nSPS) is 11.2. The summed E-state index contributed by atoms with van der Waals surface area (Å²) in [6.45, 7) is 1.94. The first-order chi connectivity index (χ1) is 13.5. The molecular formula is C21H23N5O2. The predicted molar refractivity (Wildman–Crippen MR) is 113 cm³/mol. The van der Waals surface area contributed by atoms with E-state index in [0.717, 1.165) is 22.4 Å². The average molecular weight is 377 g/mol. The zero-order chi connectivity index (χ0) is 20.1. The molecule has 0 saturated heterocycles. The molecule has 0 spiro atoms. The van der Waals surface area contributed by atoms with Gasteiger partial charge in [-0.1, -0.05) is 0 Å². The number of guanidine groups is 1. The summed E-state index contributed by atoms with van der Waals surface area (Å²) in [4.78, 5) is 8.41. The fraction of sp³-hybridized carbons (Fsp3) is 0.143. The Bertz CT molecular complexity index is 958. The number of aromatic nitrogens is 1. The van der Waals surface area contributed by atoms with Gasteiger partial charge in [-0.3, -0.25) is 4.98 Å². The standard InChI is InChI=1S/C21H23N5O2/c1-13-8-14(15-9-17(27-2)12-18(10-15)28-3)11-19(22)20(13)26-21(23)25-16-4-6-24-7-5-16/h4-12H,22H2,1-3H3,(H3,23,24,25,26). The van der Waals surface area contributed by atoms with Crippen molar-refractivity contribution in [2.24, 2.45) is 10.7 Å². The van der Waals surface area contributed by atoms with Crippen molar-refractivity contribution in [2.75, 3.05) is 25.3 Å². The lowest BCUT2D eigenvalue weighted by Crippen LogP contribution is -2.22. The first-order valence-electron chi connectivity index (χ1n) is 8.65. The van der Waals surface area contributed by atoms with E-state index >= 15 is 0 Å². The van der Waals surface area contributed by atoms with Crippen LogP contribution in [0.1, 0.15) is 5.56 Å². The van der Waals surface area contributed by atoms with Crippen LogP contribution >= 0.6 is 0 Å². The molecule has 0 atom stereocenters. The smallest absolute Gasteiger partial charge is 0.198 e. The number of nitrogen functional groups attached to an aromatic ring is 1. The molecule has 0 unspecified atom stereocenters. The van der Waals surface area contributed by atoms with Crippen molar-refractivity contribution < 1.29 is 9.47 Å². The molecule has 1 aromatic heterocycles. The van der Waals surface area contributed by atoms with Crippen LogP contribution in [0.3, 0.4) is 0 Å². The molecule has 3 aromatic rings. The van der Waals surface area contributed by atoms with E-state index in [9.17, 15) is 0 Å². The second kappa shape index (κ2) is 8.30. The van der Waals surface area contributed by atoms with Gasteiger partial charge in [-0.2, -0.15) is 0 Å². The van der Waals surface area contributed by atoms with E-state index in [1.807, 2.05) is 37.3 Å². The molecule has 144 valence electrons. The number of pyridine rings is 1. The number of aliphatic imine (C=N–C) groups is 1. The summed E-state index contributed by atoms with van der Waals surface area (Å²) in [6.07, 6.45) is 3.35. The van der Waals surface area contributed by atoms with E-state index < -0.39 is 0 Å². The van der Waals surface area contributed by atoms with E-state index in [2.05, 4.69) is 15.3 Å². The zero-order valence-corrected chi connectivity index (χ0v) is 16.1.